The van der Waals surface area contributed by atoms with E-state index in [0.29, 0.717) is 5.13 Å². The first-order valence-corrected chi connectivity index (χ1v) is 7.27. The Kier molecular flexibility index (Phi) is 3.18. The van der Waals surface area contributed by atoms with Gasteiger partial charge in [0.25, 0.3) is 0 Å². The third-order valence-corrected chi connectivity index (χ3v) is 4.34. The van der Waals surface area contributed by atoms with E-state index in [2.05, 4.69) is 9.97 Å². The van der Waals surface area contributed by atoms with E-state index in [1.54, 1.807) is 18.4 Å². The van der Waals surface area contributed by atoms with Crippen molar-refractivity contribution in [3.8, 4) is 26.9 Å². The Morgan fingerprint density at radius 3 is 2.95 bits per heavy atom. The maximum absolute atomic E-state index is 5.65. The summed E-state index contributed by atoms with van der Waals surface area (Å²) in [6.45, 7) is 0. The third kappa shape index (κ3) is 2.45. The van der Waals surface area contributed by atoms with Crippen LogP contribution in [0.1, 0.15) is 0 Å². The summed E-state index contributed by atoms with van der Waals surface area (Å²) < 4.78 is 5.22. The topological polar surface area (TPSA) is 61.0 Å². The number of nitrogens with two attached hydrogens (primary N) is 1. The van der Waals surface area contributed by atoms with Crippen LogP contribution in [0.3, 0.4) is 0 Å². The minimum atomic E-state index is 0.575. The number of methoxy groups -OCH3 is 1. The normalized spacial score (nSPS) is 10.6. The van der Waals surface area contributed by atoms with Crippen molar-refractivity contribution in [2.45, 2.75) is 0 Å². The highest BCUT2D eigenvalue weighted by molar-refractivity contribution is 7.19. The van der Waals surface area contributed by atoms with E-state index in [9.17, 15) is 0 Å². The average molecular weight is 289 g/mol. The van der Waals surface area contributed by atoms with Gasteiger partial charge >= 0.3 is 0 Å². The lowest BCUT2D eigenvalue weighted by molar-refractivity contribution is 0.415. The van der Waals surface area contributed by atoms with Crippen molar-refractivity contribution >= 4 is 27.8 Å². The molecule has 0 fully saturated rings. The zero-order valence-corrected chi connectivity index (χ0v) is 11.8. The van der Waals surface area contributed by atoms with Gasteiger partial charge in [-0.25, -0.2) is 9.97 Å². The summed E-state index contributed by atoms with van der Waals surface area (Å²) in [5.74, 6) is 0.826. The van der Waals surface area contributed by atoms with Gasteiger partial charge in [0, 0.05) is 17.1 Å². The number of thiazole rings is 2. The molecule has 0 atom stereocenters. The fourth-order valence-corrected chi connectivity index (χ4v) is 3.19. The lowest BCUT2D eigenvalue weighted by Crippen LogP contribution is -1.82. The van der Waals surface area contributed by atoms with Crippen molar-refractivity contribution < 1.29 is 4.74 Å². The quantitative estimate of drug-likeness (QED) is 0.801. The van der Waals surface area contributed by atoms with Gasteiger partial charge in [-0.2, -0.15) is 0 Å². The zero-order valence-electron chi connectivity index (χ0n) is 10.2. The standard InChI is InChI=1S/C13H11N3OS2/c1-17-9-4-2-3-8(5-9)12-15-6-11(19-12)10-7-18-13(14)16-10/h2-7H,1H3,(H2,14,16). The molecule has 2 heterocycles. The molecule has 0 amide bonds. The molecular weight excluding hydrogens is 278 g/mol. The van der Waals surface area contributed by atoms with Gasteiger partial charge in [0.05, 0.1) is 17.7 Å². The molecule has 3 rings (SSSR count). The fourth-order valence-electron chi connectivity index (χ4n) is 1.68. The van der Waals surface area contributed by atoms with E-state index in [1.807, 2.05) is 35.8 Å². The Morgan fingerprint density at radius 1 is 1.32 bits per heavy atom. The average Bonchev–Trinajstić information content (AvgIpc) is 3.07. The first-order valence-electron chi connectivity index (χ1n) is 5.58. The summed E-state index contributed by atoms with van der Waals surface area (Å²) in [7, 11) is 1.66. The van der Waals surface area contributed by atoms with Crippen molar-refractivity contribution in [1.29, 1.82) is 0 Å². The van der Waals surface area contributed by atoms with Crippen LogP contribution >= 0.6 is 22.7 Å². The van der Waals surface area contributed by atoms with Crippen molar-refractivity contribution in [2.75, 3.05) is 12.8 Å². The predicted molar refractivity (Wildman–Crippen MR) is 79.6 cm³/mol. The smallest absolute Gasteiger partial charge is 0.180 e. The Bertz CT molecular complexity index is 705. The number of nitrogens with zero attached hydrogens (tertiary/aromatic N) is 2. The molecule has 19 heavy (non-hydrogen) atoms. The molecule has 0 aliphatic carbocycles. The molecule has 0 spiro atoms. The van der Waals surface area contributed by atoms with Gasteiger partial charge in [-0.05, 0) is 12.1 Å². The van der Waals surface area contributed by atoms with E-state index < -0.39 is 0 Å². The first kappa shape index (κ1) is 12.1. The Balaban J connectivity index is 1.96. The predicted octanol–water partition coefficient (Wildman–Crippen LogP) is 3.52. The Hall–Kier alpha value is -1.92. The molecule has 2 aromatic heterocycles. The highest BCUT2D eigenvalue weighted by atomic mass is 32.1. The molecule has 3 aromatic rings. The molecule has 0 aliphatic rings. The van der Waals surface area contributed by atoms with Crippen molar-refractivity contribution in [1.82, 2.24) is 9.97 Å². The molecule has 2 N–H and O–H groups in total. The number of rotatable bonds is 3. The van der Waals surface area contributed by atoms with Gasteiger partial charge in [-0.15, -0.1) is 22.7 Å². The molecule has 0 saturated carbocycles. The van der Waals surface area contributed by atoms with Gasteiger partial charge in [-0.3, -0.25) is 0 Å². The van der Waals surface area contributed by atoms with Crippen LogP contribution in [-0.4, -0.2) is 17.1 Å². The van der Waals surface area contributed by atoms with Gasteiger partial charge in [0.15, 0.2) is 5.13 Å². The number of ether oxygens (including phenoxy) is 1. The van der Waals surface area contributed by atoms with Gasteiger partial charge < -0.3 is 10.5 Å². The molecule has 0 radical (unpaired) electrons. The fraction of sp³-hybridized carbons (Fsp3) is 0.0769. The zero-order chi connectivity index (χ0) is 13.2. The lowest BCUT2D eigenvalue weighted by Gasteiger charge is -2.00. The second-order valence-corrected chi connectivity index (χ2v) is 5.75. The maximum Gasteiger partial charge on any atom is 0.180 e. The van der Waals surface area contributed by atoms with E-state index in [0.717, 1.165) is 26.9 Å². The van der Waals surface area contributed by atoms with Crippen LogP contribution in [0, 0.1) is 0 Å². The molecule has 4 nitrogen and oxygen atoms in total. The number of hydrogen-bond donors (Lipinski definition) is 1. The minimum Gasteiger partial charge on any atom is -0.497 e. The molecule has 6 heteroatoms. The number of anilines is 1. The number of aromatic nitrogens is 2. The van der Waals surface area contributed by atoms with E-state index in [1.165, 1.54) is 11.3 Å². The first-order chi connectivity index (χ1) is 9.26. The largest absolute Gasteiger partial charge is 0.497 e. The Labute approximate surface area is 118 Å². The van der Waals surface area contributed by atoms with Crippen LogP contribution in [0.5, 0.6) is 5.75 Å². The summed E-state index contributed by atoms with van der Waals surface area (Å²) in [5.41, 5.74) is 7.57. The van der Waals surface area contributed by atoms with Crippen LogP contribution in [0.2, 0.25) is 0 Å². The summed E-state index contributed by atoms with van der Waals surface area (Å²) in [6, 6.07) is 7.85. The Morgan fingerprint density at radius 2 is 2.21 bits per heavy atom. The SMILES string of the molecule is COc1cccc(-c2ncc(-c3csc(N)n3)s2)c1. The molecule has 96 valence electrons. The van der Waals surface area contributed by atoms with E-state index in [4.69, 9.17) is 10.5 Å². The summed E-state index contributed by atoms with van der Waals surface area (Å²) >= 11 is 3.03. The number of nitrogen functional groups attached to an aromatic ring is 1. The molecular formula is C13H11N3OS2. The van der Waals surface area contributed by atoms with Gasteiger partial charge in [0.1, 0.15) is 10.8 Å². The summed E-state index contributed by atoms with van der Waals surface area (Å²) in [5, 5.41) is 3.46. The lowest BCUT2D eigenvalue weighted by atomic mass is 10.2. The molecule has 0 unspecified atom stereocenters. The van der Waals surface area contributed by atoms with Crippen LogP contribution in [-0.2, 0) is 0 Å². The maximum atomic E-state index is 5.65. The van der Waals surface area contributed by atoms with E-state index >= 15 is 0 Å². The van der Waals surface area contributed by atoms with Gasteiger partial charge in [-0.1, -0.05) is 12.1 Å². The molecule has 0 aliphatic heterocycles. The number of hydrogen-bond acceptors (Lipinski definition) is 6. The van der Waals surface area contributed by atoms with Crippen LogP contribution < -0.4 is 10.5 Å². The summed E-state index contributed by atoms with van der Waals surface area (Å²) in [6.07, 6.45) is 1.83. The molecule has 0 bridgehead atoms. The highest BCUT2D eigenvalue weighted by Gasteiger charge is 2.09. The van der Waals surface area contributed by atoms with Crippen LogP contribution in [0.4, 0.5) is 5.13 Å². The van der Waals surface area contributed by atoms with E-state index in [-0.39, 0.29) is 0 Å². The third-order valence-electron chi connectivity index (χ3n) is 2.60. The van der Waals surface area contributed by atoms with Crippen LogP contribution in [0.25, 0.3) is 21.1 Å². The van der Waals surface area contributed by atoms with Crippen molar-refractivity contribution in [3.63, 3.8) is 0 Å². The monoisotopic (exact) mass is 289 g/mol. The van der Waals surface area contributed by atoms with Crippen molar-refractivity contribution in [3.05, 3.63) is 35.8 Å². The number of benzene rings is 1. The second kappa shape index (κ2) is 4.99. The highest BCUT2D eigenvalue weighted by Crippen LogP contribution is 2.33. The second-order valence-electron chi connectivity index (χ2n) is 3.83. The van der Waals surface area contributed by atoms with Crippen LogP contribution in [0.15, 0.2) is 35.8 Å². The molecule has 0 saturated heterocycles. The summed E-state index contributed by atoms with van der Waals surface area (Å²) in [4.78, 5) is 9.72. The molecule has 1 aromatic carbocycles. The minimum absolute atomic E-state index is 0.575. The van der Waals surface area contributed by atoms with Crippen molar-refractivity contribution in [2.24, 2.45) is 0 Å². The van der Waals surface area contributed by atoms with Gasteiger partial charge in [0.2, 0.25) is 0 Å².